The van der Waals surface area contributed by atoms with E-state index < -0.39 is 0 Å². The van der Waals surface area contributed by atoms with Gasteiger partial charge in [-0.2, -0.15) is 0 Å². The highest BCUT2D eigenvalue weighted by atomic mass is 35.5. The molecule has 1 saturated heterocycles. The standard InChI is InChI=1S/C8H17NO.ClH/c1-8(2,9)7-5-3-4-6-10-7;/h7H,3-6,9H2,1-2H3;1H. The molecule has 0 amide bonds. The van der Waals surface area contributed by atoms with Gasteiger partial charge < -0.3 is 10.5 Å². The molecule has 0 radical (unpaired) electrons. The first-order valence-electron chi connectivity index (χ1n) is 4.01. The average Bonchev–Trinajstić information content (AvgIpc) is 1.88. The molecular formula is C8H18ClNO. The molecule has 1 rings (SSSR count). The lowest BCUT2D eigenvalue weighted by atomic mass is 9.93. The highest BCUT2D eigenvalue weighted by Crippen LogP contribution is 2.20. The first-order chi connectivity index (χ1) is 4.61. The van der Waals surface area contributed by atoms with Crippen LogP contribution in [0.5, 0.6) is 0 Å². The molecule has 1 fully saturated rings. The van der Waals surface area contributed by atoms with Crippen LogP contribution in [-0.4, -0.2) is 18.2 Å². The summed E-state index contributed by atoms with van der Waals surface area (Å²) in [7, 11) is 0. The number of ether oxygens (including phenoxy) is 1. The number of hydrogen-bond donors (Lipinski definition) is 1. The van der Waals surface area contributed by atoms with Crippen LogP contribution in [0.1, 0.15) is 33.1 Å². The number of nitrogens with two attached hydrogens (primary N) is 1. The van der Waals surface area contributed by atoms with E-state index in [1.165, 1.54) is 12.8 Å². The number of rotatable bonds is 1. The Morgan fingerprint density at radius 2 is 2.00 bits per heavy atom. The zero-order chi connectivity index (χ0) is 7.61. The minimum atomic E-state index is -0.152. The van der Waals surface area contributed by atoms with Crippen LogP contribution in [-0.2, 0) is 4.74 Å². The molecule has 1 atom stereocenters. The van der Waals surface area contributed by atoms with E-state index in [-0.39, 0.29) is 24.0 Å². The van der Waals surface area contributed by atoms with Gasteiger partial charge in [-0.25, -0.2) is 0 Å². The molecule has 68 valence electrons. The summed E-state index contributed by atoms with van der Waals surface area (Å²) in [6, 6.07) is 0. The van der Waals surface area contributed by atoms with Crippen molar-refractivity contribution in [2.24, 2.45) is 5.73 Å². The fraction of sp³-hybridized carbons (Fsp3) is 1.00. The Morgan fingerprint density at radius 3 is 2.27 bits per heavy atom. The molecule has 0 spiro atoms. The van der Waals surface area contributed by atoms with E-state index in [4.69, 9.17) is 10.5 Å². The normalized spacial score (nSPS) is 25.9. The lowest BCUT2D eigenvalue weighted by Crippen LogP contribution is -2.47. The van der Waals surface area contributed by atoms with Crippen LogP contribution in [0.3, 0.4) is 0 Å². The highest BCUT2D eigenvalue weighted by molar-refractivity contribution is 5.85. The smallest absolute Gasteiger partial charge is 0.0749 e. The monoisotopic (exact) mass is 179 g/mol. The lowest BCUT2D eigenvalue weighted by molar-refractivity contribution is -0.0223. The SMILES string of the molecule is CC(C)(N)C1CCCCO1.Cl. The van der Waals surface area contributed by atoms with Crippen molar-refractivity contribution >= 4 is 12.4 Å². The van der Waals surface area contributed by atoms with E-state index in [9.17, 15) is 0 Å². The van der Waals surface area contributed by atoms with Crippen LogP contribution in [0.15, 0.2) is 0 Å². The van der Waals surface area contributed by atoms with Gasteiger partial charge in [0.25, 0.3) is 0 Å². The largest absolute Gasteiger partial charge is 0.376 e. The lowest BCUT2D eigenvalue weighted by Gasteiger charge is -2.33. The van der Waals surface area contributed by atoms with Crippen molar-refractivity contribution in [2.75, 3.05) is 6.61 Å². The molecule has 0 bridgehead atoms. The molecule has 1 unspecified atom stereocenters. The van der Waals surface area contributed by atoms with Gasteiger partial charge in [-0.3, -0.25) is 0 Å². The number of hydrogen-bond acceptors (Lipinski definition) is 2. The fourth-order valence-corrected chi connectivity index (χ4v) is 1.33. The summed E-state index contributed by atoms with van der Waals surface area (Å²) < 4.78 is 5.52. The fourth-order valence-electron chi connectivity index (χ4n) is 1.33. The molecule has 0 aromatic rings. The highest BCUT2D eigenvalue weighted by Gasteiger charge is 2.27. The summed E-state index contributed by atoms with van der Waals surface area (Å²) in [6.07, 6.45) is 3.88. The van der Waals surface area contributed by atoms with Crippen molar-refractivity contribution in [3.05, 3.63) is 0 Å². The molecule has 0 aromatic carbocycles. The third-order valence-corrected chi connectivity index (χ3v) is 2.01. The maximum Gasteiger partial charge on any atom is 0.0749 e. The maximum absolute atomic E-state index is 5.89. The summed E-state index contributed by atoms with van der Waals surface area (Å²) in [5.74, 6) is 0. The van der Waals surface area contributed by atoms with Gasteiger partial charge in [0.05, 0.1) is 6.10 Å². The molecular weight excluding hydrogens is 162 g/mol. The van der Waals surface area contributed by atoms with Gasteiger partial charge in [0.2, 0.25) is 0 Å². The summed E-state index contributed by atoms with van der Waals surface area (Å²) in [5.41, 5.74) is 5.73. The molecule has 2 nitrogen and oxygen atoms in total. The zero-order valence-corrected chi connectivity index (χ0v) is 8.12. The first-order valence-corrected chi connectivity index (χ1v) is 4.01. The molecule has 1 aliphatic heterocycles. The minimum Gasteiger partial charge on any atom is -0.376 e. The van der Waals surface area contributed by atoms with E-state index in [0.717, 1.165) is 13.0 Å². The third kappa shape index (κ3) is 3.41. The second-order valence-electron chi connectivity index (χ2n) is 3.68. The summed E-state index contributed by atoms with van der Waals surface area (Å²) in [5, 5.41) is 0. The predicted molar refractivity (Wildman–Crippen MR) is 49.1 cm³/mol. The van der Waals surface area contributed by atoms with E-state index in [2.05, 4.69) is 0 Å². The van der Waals surface area contributed by atoms with E-state index >= 15 is 0 Å². The van der Waals surface area contributed by atoms with Gasteiger partial charge in [-0.05, 0) is 33.1 Å². The van der Waals surface area contributed by atoms with E-state index in [1.807, 2.05) is 13.8 Å². The van der Waals surface area contributed by atoms with Crippen molar-refractivity contribution in [3.8, 4) is 0 Å². The van der Waals surface area contributed by atoms with Crippen molar-refractivity contribution in [3.63, 3.8) is 0 Å². The zero-order valence-electron chi connectivity index (χ0n) is 7.30. The molecule has 0 aromatic heterocycles. The quantitative estimate of drug-likeness (QED) is 0.666. The van der Waals surface area contributed by atoms with Gasteiger partial charge in [0.15, 0.2) is 0 Å². The Morgan fingerprint density at radius 1 is 1.36 bits per heavy atom. The van der Waals surface area contributed by atoms with E-state index in [1.54, 1.807) is 0 Å². The van der Waals surface area contributed by atoms with Crippen molar-refractivity contribution < 1.29 is 4.74 Å². The van der Waals surface area contributed by atoms with Crippen molar-refractivity contribution in [1.29, 1.82) is 0 Å². The van der Waals surface area contributed by atoms with Crippen LogP contribution in [0.2, 0.25) is 0 Å². The molecule has 0 saturated carbocycles. The Bertz CT molecular complexity index is 105. The summed E-state index contributed by atoms with van der Waals surface area (Å²) in [4.78, 5) is 0. The average molecular weight is 180 g/mol. The van der Waals surface area contributed by atoms with Crippen LogP contribution < -0.4 is 5.73 Å². The van der Waals surface area contributed by atoms with Crippen molar-refractivity contribution in [1.82, 2.24) is 0 Å². The Hall–Kier alpha value is 0.210. The van der Waals surface area contributed by atoms with Crippen LogP contribution in [0, 0.1) is 0 Å². The van der Waals surface area contributed by atoms with Gasteiger partial charge >= 0.3 is 0 Å². The van der Waals surface area contributed by atoms with Crippen molar-refractivity contribution in [2.45, 2.75) is 44.8 Å². The first kappa shape index (κ1) is 11.2. The molecule has 1 heterocycles. The Labute approximate surface area is 74.9 Å². The van der Waals surface area contributed by atoms with E-state index in [0.29, 0.717) is 0 Å². The maximum atomic E-state index is 5.89. The van der Waals surface area contributed by atoms with Crippen LogP contribution in [0.25, 0.3) is 0 Å². The topological polar surface area (TPSA) is 35.2 Å². The third-order valence-electron chi connectivity index (χ3n) is 2.01. The molecule has 3 heteroatoms. The van der Waals surface area contributed by atoms with Crippen LogP contribution in [0.4, 0.5) is 0 Å². The van der Waals surface area contributed by atoms with Gasteiger partial charge in [0, 0.05) is 12.1 Å². The molecule has 2 N–H and O–H groups in total. The second kappa shape index (κ2) is 4.29. The Kier molecular flexibility index (Phi) is 4.37. The predicted octanol–water partition coefficient (Wildman–Crippen LogP) is 1.71. The molecule has 11 heavy (non-hydrogen) atoms. The van der Waals surface area contributed by atoms with Gasteiger partial charge in [-0.1, -0.05) is 0 Å². The summed E-state index contributed by atoms with van der Waals surface area (Å²) >= 11 is 0. The van der Waals surface area contributed by atoms with Crippen LogP contribution >= 0.6 is 12.4 Å². The number of halogens is 1. The Balaban J connectivity index is 0.000001000. The molecule has 1 aliphatic rings. The summed E-state index contributed by atoms with van der Waals surface area (Å²) in [6.45, 7) is 4.96. The molecule has 0 aliphatic carbocycles. The minimum absolute atomic E-state index is 0. The van der Waals surface area contributed by atoms with Gasteiger partial charge in [-0.15, -0.1) is 12.4 Å². The van der Waals surface area contributed by atoms with Gasteiger partial charge in [0.1, 0.15) is 0 Å². The second-order valence-corrected chi connectivity index (χ2v) is 3.68.